The van der Waals surface area contributed by atoms with Crippen molar-refractivity contribution in [3.05, 3.63) is 30.1 Å². The van der Waals surface area contributed by atoms with E-state index in [2.05, 4.69) is 4.98 Å². The van der Waals surface area contributed by atoms with E-state index in [4.69, 9.17) is 5.26 Å². The summed E-state index contributed by atoms with van der Waals surface area (Å²) in [6.45, 7) is -0.00808. The summed E-state index contributed by atoms with van der Waals surface area (Å²) in [7, 11) is 0. The van der Waals surface area contributed by atoms with Crippen molar-refractivity contribution in [2.75, 3.05) is 0 Å². The molecule has 1 aromatic heterocycles. The Kier molecular flexibility index (Phi) is 2.76. The molecule has 0 fully saturated rings. The number of hydrogen-bond acceptors (Lipinski definition) is 2. The molecule has 6 heteroatoms. The van der Waals surface area contributed by atoms with E-state index in [-0.39, 0.29) is 18.5 Å². The second kappa shape index (κ2) is 4.09. The first-order chi connectivity index (χ1) is 8.04. The van der Waals surface area contributed by atoms with Gasteiger partial charge >= 0.3 is 6.18 Å². The van der Waals surface area contributed by atoms with Crippen molar-refractivity contribution in [2.45, 2.75) is 19.1 Å². The SMILES string of the molecule is N#CCCn1c(C(F)(F)F)nc2ccccc21. The molecule has 0 aliphatic rings. The maximum Gasteiger partial charge on any atom is 0.449 e. The number of imidazole rings is 1. The number of benzene rings is 1. The van der Waals surface area contributed by atoms with Gasteiger partial charge in [-0.1, -0.05) is 12.1 Å². The Morgan fingerprint density at radius 2 is 2.00 bits per heavy atom. The maximum absolute atomic E-state index is 12.7. The molecule has 1 aromatic carbocycles. The smallest absolute Gasteiger partial charge is 0.319 e. The van der Waals surface area contributed by atoms with E-state index in [1.54, 1.807) is 18.2 Å². The highest BCUT2D eigenvalue weighted by molar-refractivity contribution is 5.76. The lowest BCUT2D eigenvalue weighted by atomic mass is 10.3. The van der Waals surface area contributed by atoms with Gasteiger partial charge in [0.25, 0.3) is 0 Å². The predicted molar refractivity (Wildman–Crippen MR) is 55.0 cm³/mol. The van der Waals surface area contributed by atoms with E-state index >= 15 is 0 Å². The Bertz CT molecular complexity index is 578. The molecular formula is C11H8F3N3. The number of nitriles is 1. The first kappa shape index (κ1) is 11.5. The fourth-order valence-electron chi connectivity index (χ4n) is 1.68. The highest BCUT2D eigenvalue weighted by Crippen LogP contribution is 2.31. The Hall–Kier alpha value is -2.03. The van der Waals surface area contributed by atoms with Crippen molar-refractivity contribution < 1.29 is 13.2 Å². The van der Waals surface area contributed by atoms with Crippen LogP contribution in [-0.4, -0.2) is 9.55 Å². The van der Waals surface area contributed by atoms with Gasteiger partial charge in [-0.05, 0) is 12.1 Å². The summed E-state index contributed by atoms with van der Waals surface area (Å²) in [5.41, 5.74) is 0.688. The summed E-state index contributed by atoms with van der Waals surface area (Å²) in [5, 5.41) is 8.47. The number of rotatable bonds is 2. The number of nitrogens with zero attached hydrogens (tertiary/aromatic N) is 3. The molecular weight excluding hydrogens is 231 g/mol. The molecule has 0 spiro atoms. The molecule has 0 aliphatic carbocycles. The molecule has 2 aromatic rings. The molecule has 0 aliphatic heterocycles. The summed E-state index contributed by atoms with van der Waals surface area (Å²) < 4.78 is 39.3. The van der Waals surface area contributed by atoms with E-state index in [0.29, 0.717) is 5.52 Å². The summed E-state index contributed by atoms with van der Waals surface area (Å²) >= 11 is 0. The van der Waals surface area contributed by atoms with Gasteiger partial charge in [-0.2, -0.15) is 18.4 Å². The number of aromatic nitrogens is 2. The van der Waals surface area contributed by atoms with Crippen LogP contribution >= 0.6 is 0 Å². The monoisotopic (exact) mass is 239 g/mol. The van der Waals surface area contributed by atoms with Crippen LogP contribution in [0.15, 0.2) is 24.3 Å². The van der Waals surface area contributed by atoms with Crippen LogP contribution in [0.2, 0.25) is 0 Å². The molecule has 0 saturated heterocycles. The van der Waals surface area contributed by atoms with Gasteiger partial charge in [0.1, 0.15) is 0 Å². The minimum Gasteiger partial charge on any atom is -0.319 e. The van der Waals surface area contributed by atoms with Crippen LogP contribution in [0, 0.1) is 11.3 Å². The average Bonchev–Trinajstić information content (AvgIpc) is 2.65. The van der Waals surface area contributed by atoms with Gasteiger partial charge in [-0.3, -0.25) is 0 Å². The van der Waals surface area contributed by atoms with E-state index < -0.39 is 12.0 Å². The first-order valence-corrected chi connectivity index (χ1v) is 4.93. The molecule has 17 heavy (non-hydrogen) atoms. The summed E-state index contributed by atoms with van der Waals surface area (Å²) in [6.07, 6.45) is -4.49. The summed E-state index contributed by atoms with van der Waals surface area (Å²) in [4.78, 5) is 3.57. The Labute approximate surface area is 95.1 Å². The molecule has 0 N–H and O–H groups in total. The molecule has 0 amide bonds. The van der Waals surface area contributed by atoms with Crippen molar-refractivity contribution in [3.8, 4) is 6.07 Å². The number of alkyl halides is 3. The van der Waals surface area contributed by atoms with Crippen molar-refractivity contribution in [1.29, 1.82) is 5.26 Å². The summed E-state index contributed by atoms with van der Waals surface area (Å²) in [6, 6.07) is 8.19. The van der Waals surface area contributed by atoms with Crippen molar-refractivity contribution in [2.24, 2.45) is 0 Å². The van der Waals surface area contributed by atoms with Gasteiger partial charge in [0, 0.05) is 6.54 Å². The normalized spacial score (nSPS) is 11.6. The van der Waals surface area contributed by atoms with E-state index in [9.17, 15) is 13.2 Å². The van der Waals surface area contributed by atoms with Crippen molar-refractivity contribution in [3.63, 3.8) is 0 Å². The van der Waals surface area contributed by atoms with Crippen LogP contribution in [0.5, 0.6) is 0 Å². The largest absolute Gasteiger partial charge is 0.449 e. The summed E-state index contributed by atoms with van der Waals surface area (Å²) in [5.74, 6) is -0.950. The van der Waals surface area contributed by atoms with Crippen molar-refractivity contribution in [1.82, 2.24) is 9.55 Å². The van der Waals surface area contributed by atoms with Crippen LogP contribution < -0.4 is 0 Å². The topological polar surface area (TPSA) is 41.6 Å². The lowest BCUT2D eigenvalue weighted by molar-refractivity contribution is -0.146. The molecule has 3 nitrogen and oxygen atoms in total. The number of hydrogen-bond donors (Lipinski definition) is 0. The minimum absolute atomic E-state index is 0.00808. The van der Waals surface area contributed by atoms with Crippen molar-refractivity contribution >= 4 is 11.0 Å². The molecule has 0 atom stereocenters. The third-order valence-corrected chi connectivity index (χ3v) is 2.36. The number of aryl methyl sites for hydroxylation is 1. The zero-order chi connectivity index (χ0) is 12.5. The molecule has 0 bridgehead atoms. The zero-order valence-electron chi connectivity index (χ0n) is 8.70. The number of halogens is 3. The average molecular weight is 239 g/mol. The third kappa shape index (κ3) is 2.09. The maximum atomic E-state index is 12.7. The van der Waals surface area contributed by atoms with Gasteiger partial charge in [0.2, 0.25) is 5.82 Å². The Morgan fingerprint density at radius 3 is 2.65 bits per heavy atom. The van der Waals surface area contributed by atoms with Crippen LogP contribution in [0.3, 0.4) is 0 Å². The molecule has 0 radical (unpaired) electrons. The van der Waals surface area contributed by atoms with E-state index in [1.165, 1.54) is 6.07 Å². The van der Waals surface area contributed by atoms with E-state index in [1.807, 2.05) is 6.07 Å². The molecule has 0 unspecified atom stereocenters. The number of para-hydroxylation sites is 2. The minimum atomic E-state index is -4.51. The Morgan fingerprint density at radius 1 is 1.29 bits per heavy atom. The zero-order valence-corrected chi connectivity index (χ0v) is 8.70. The number of fused-ring (bicyclic) bond motifs is 1. The lowest BCUT2D eigenvalue weighted by Crippen LogP contribution is -2.15. The second-order valence-electron chi connectivity index (χ2n) is 3.48. The van der Waals surface area contributed by atoms with E-state index in [0.717, 1.165) is 4.57 Å². The standard InChI is InChI=1S/C11H8F3N3/c12-11(13,14)10-16-8-4-1-2-5-9(8)17(10)7-3-6-15/h1-2,4-5H,3,7H2. The predicted octanol–water partition coefficient (Wildman–Crippen LogP) is 2.97. The highest BCUT2D eigenvalue weighted by atomic mass is 19.4. The molecule has 1 heterocycles. The fourth-order valence-corrected chi connectivity index (χ4v) is 1.68. The molecule has 2 rings (SSSR count). The Balaban J connectivity index is 2.62. The van der Waals surface area contributed by atoms with Crippen LogP contribution in [0.25, 0.3) is 11.0 Å². The first-order valence-electron chi connectivity index (χ1n) is 4.93. The lowest BCUT2D eigenvalue weighted by Gasteiger charge is -2.09. The van der Waals surface area contributed by atoms with Crippen LogP contribution in [0.1, 0.15) is 12.2 Å². The van der Waals surface area contributed by atoms with Gasteiger partial charge in [-0.15, -0.1) is 0 Å². The van der Waals surface area contributed by atoms with Gasteiger partial charge in [0.05, 0.1) is 23.5 Å². The third-order valence-electron chi connectivity index (χ3n) is 2.36. The van der Waals surface area contributed by atoms with Gasteiger partial charge < -0.3 is 4.57 Å². The van der Waals surface area contributed by atoms with Crippen LogP contribution in [0.4, 0.5) is 13.2 Å². The fraction of sp³-hybridized carbons (Fsp3) is 0.273. The van der Waals surface area contributed by atoms with Crippen LogP contribution in [-0.2, 0) is 12.7 Å². The quantitative estimate of drug-likeness (QED) is 0.808. The second-order valence-corrected chi connectivity index (χ2v) is 3.48. The van der Waals surface area contributed by atoms with Gasteiger partial charge in [0.15, 0.2) is 0 Å². The van der Waals surface area contributed by atoms with Gasteiger partial charge in [-0.25, -0.2) is 4.98 Å². The molecule has 88 valence electrons. The highest BCUT2D eigenvalue weighted by Gasteiger charge is 2.37. The molecule has 0 saturated carbocycles.